The first-order valence-corrected chi connectivity index (χ1v) is 11.6. The number of para-hydroxylation sites is 2. The van der Waals surface area contributed by atoms with E-state index in [0.29, 0.717) is 17.9 Å². The van der Waals surface area contributed by atoms with Gasteiger partial charge in [-0.25, -0.2) is 4.98 Å². The van der Waals surface area contributed by atoms with Crippen LogP contribution in [-0.2, 0) is 22.6 Å². The number of hydrogen-bond acceptors (Lipinski definition) is 5. The Hall–Kier alpha value is -2.76. The lowest BCUT2D eigenvalue weighted by Gasteiger charge is -2.16. The first-order valence-electron chi connectivity index (χ1n) is 10.6. The van der Waals surface area contributed by atoms with Gasteiger partial charge < -0.3 is 19.2 Å². The number of nitrogens with one attached hydrogen (secondary N) is 1. The Labute approximate surface area is 186 Å². The summed E-state index contributed by atoms with van der Waals surface area (Å²) in [6, 6.07) is 10.2. The molecule has 2 aromatic heterocycles. The molecule has 0 aliphatic carbocycles. The highest BCUT2D eigenvalue weighted by molar-refractivity contribution is 7.99. The molecule has 1 aromatic carbocycles. The molecule has 162 valence electrons. The van der Waals surface area contributed by atoms with Gasteiger partial charge in [-0.2, -0.15) is 5.26 Å². The van der Waals surface area contributed by atoms with Gasteiger partial charge in [0.1, 0.15) is 11.9 Å². The van der Waals surface area contributed by atoms with E-state index in [9.17, 15) is 10.1 Å². The maximum absolute atomic E-state index is 12.9. The lowest BCUT2D eigenvalue weighted by atomic mass is 10.2. The number of nitriles is 1. The van der Waals surface area contributed by atoms with Crippen molar-refractivity contribution in [2.75, 3.05) is 17.7 Å². The molecular formula is C23H27N5O2S. The van der Waals surface area contributed by atoms with Crippen molar-refractivity contribution in [2.45, 2.75) is 58.0 Å². The van der Waals surface area contributed by atoms with Crippen molar-refractivity contribution in [1.82, 2.24) is 14.1 Å². The Bertz CT molecular complexity index is 1150. The highest BCUT2D eigenvalue weighted by atomic mass is 32.2. The van der Waals surface area contributed by atoms with Crippen molar-refractivity contribution in [3.05, 3.63) is 41.1 Å². The van der Waals surface area contributed by atoms with Crippen molar-refractivity contribution >= 4 is 34.5 Å². The van der Waals surface area contributed by atoms with E-state index in [2.05, 4.69) is 27.9 Å². The van der Waals surface area contributed by atoms with Crippen LogP contribution in [0, 0.1) is 25.2 Å². The summed E-state index contributed by atoms with van der Waals surface area (Å²) in [6.07, 6.45) is 2.16. The summed E-state index contributed by atoms with van der Waals surface area (Å²) in [5.74, 6) is 0.641. The van der Waals surface area contributed by atoms with Gasteiger partial charge in [0.2, 0.25) is 5.91 Å². The molecule has 3 aromatic rings. The van der Waals surface area contributed by atoms with E-state index < -0.39 is 0 Å². The van der Waals surface area contributed by atoms with Crippen molar-refractivity contribution in [2.24, 2.45) is 0 Å². The predicted molar refractivity (Wildman–Crippen MR) is 122 cm³/mol. The van der Waals surface area contributed by atoms with Crippen LogP contribution >= 0.6 is 11.8 Å². The van der Waals surface area contributed by atoms with Crippen LogP contribution in [-0.4, -0.2) is 38.5 Å². The lowest BCUT2D eigenvalue weighted by molar-refractivity contribution is -0.113. The van der Waals surface area contributed by atoms with Crippen LogP contribution in [0.3, 0.4) is 0 Å². The summed E-state index contributed by atoms with van der Waals surface area (Å²) in [6.45, 7) is 8.17. The van der Waals surface area contributed by atoms with Gasteiger partial charge in [0.05, 0.1) is 35.0 Å². The standard InChI is InChI=1S/C23H27N5O2S/c1-4-27-20-10-6-5-9-19(20)25-23(27)31-14-21(29)26-22-18(12-24)15(2)16(3)28(22)13-17-8-7-11-30-17/h5-6,9-10,17H,4,7-8,11,13-14H2,1-3H3,(H,26,29)/t17-/m1/s1. The van der Waals surface area contributed by atoms with E-state index >= 15 is 0 Å². The number of rotatable bonds is 7. The van der Waals surface area contributed by atoms with Crippen LogP contribution in [0.2, 0.25) is 0 Å². The molecule has 0 spiro atoms. The second-order valence-corrected chi connectivity index (χ2v) is 8.70. The van der Waals surface area contributed by atoms with Gasteiger partial charge in [0.25, 0.3) is 0 Å². The van der Waals surface area contributed by atoms with Gasteiger partial charge in [-0.15, -0.1) is 0 Å². The van der Waals surface area contributed by atoms with Gasteiger partial charge in [0.15, 0.2) is 5.16 Å². The van der Waals surface area contributed by atoms with Crippen LogP contribution in [0.5, 0.6) is 0 Å². The van der Waals surface area contributed by atoms with Crippen LogP contribution in [0.15, 0.2) is 29.4 Å². The molecule has 1 aliphatic rings. The molecule has 1 fully saturated rings. The third kappa shape index (κ3) is 4.21. The van der Waals surface area contributed by atoms with Crippen LogP contribution < -0.4 is 5.32 Å². The van der Waals surface area contributed by atoms with E-state index in [-0.39, 0.29) is 17.8 Å². The second kappa shape index (κ2) is 9.16. The molecule has 31 heavy (non-hydrogen) atoms. The van der Waals surface area contributed by atoms with Crippen LogP contribution in [0.25, 0.3) is 11.0 Å². The van der Waals surface area contributed by atoms with Gasteiger partial charge in [-0.05, 0) is 51.3 Å². The van der Waals surface area contributed by atoms with Crippen molar-refractivity contribution in [1.29, 1.82) is 5.26 Å². The largest absolute Gasteiger partial charge is 0.376 e. The number of carbonyl (C=O) groups excluding carboxylic acids is 1. The molecule has 4 rings (SSSR count). The zero-order chi connectivity index (χ0) is 22.0. The van der Waals surface area contributed by atoms with E-state index in [1.807, 2.05) is 42.7 Å². The summed E-state index contributed by atoms with van der Waals surface area (Å²) in [5, 5.41) is 13.5. The number of anilines is 1. The van der Waals surface area contributed by atoms with E-state index in [1.54, 1.807) is 0 Å². The highest BCUT2D eigenvalue weighted by Gasteiger charge is 2.24. The van der Waals surface area contributed by atoms with E-state index in [0.717, 1.165) is 53.4 Å². The topological polar surface area (TPSA) is 84.9 Å². The third-order valence-electron chi connectivity index (χ3n) is 5.88. The molecule has 7 nitrogen and oxygen atoms in total. The number of hydrogen-bond donors (Lipinski definition) is 1. The van der Waals surface area contributed by atoms with Crippen molar-refractivity contribution in [3.8, 4) is 6.07 Å². The molecule has 1 atom stereocenters. The van der Waals surface area contributed by atoms with Gasteiger partial charge >= 0.3 is 0 Å². The summed E-state index contributed by atoms with van der Waals surface area (Å²) in [7, 11) is 0. The minimum Gasteiger partial charge on any atom is -0.376 e. The summed E-state index contributed by atoms with van der Waals surface area (Å²) < 4.78 is 9.92. The number of aryl methyl sites for hydroxylation is 1. The summed E-state index contributed by atoms with van der Waals surface area (Å²) >= 11 is 1.41. The first kappa shape index (κ1) is 21.5. The average molecular weight is 438 g/mol. The van der Waals surface area contributed by atoms with Crippen molar-refractivity contribution in [3.63, 3.8) is 0 Å². The molecule has 8 heteroatoms. The molecule has 0 unspecified atom stereocenters. The van der Waals surface area contributed by atoms with Crippen LogP contribution in [0.1, 0.15) is 36.6 Å². The number of thioether (sulfide) groups is 1. The molecule has 1 N–H and O–H groups in total. The number of nitrogens with zero attached hydrogens (tertiary/aromatic N) is 4. The maximum atomic E-state index is 12.9. The number of aromatic nitrogens is 3. The molecule has 1 amide bonds. The normalized spacial score (nSPS) is 16.0. The Kier molecular flexibility index (Phi) is 6.35. The molecule has 3 heterocycles. The second-order valence-electron chi connectivity index (χ2n) is 7.76. The van der Waals surface area contributed by atoms with Crippen LogP contribution in [0.4, 0.5) is 5.82 Å². The van der Waals surface area contributed by atoms with E-state index in [1.165, 1.54) is 11.8 Å². The maximum Gasteiger partial charge on any atom is 0.235 e. The zero-order valence-corrected chi connectivity index (χ0v) is 19.0. The minimum absolute atomic E-state index is 0.117. The molecule has 1 aliphatic heterocycles. The number of fused-ring (bicyclic) bond motifs is 1. The minimum atomic E-state index is -0.151. The monoisotopic (exact) mass is 437 g/mol. The first-order chi connectivity index (χ1) is 15.0. The Morgan fingerprint density at radius 1 is 1.35 bits per heavy atom. The fourth-order valence-electron chi connectivity index (χ4n) is 4.12. The molecule has 0 saturated carbocycles. The quantitative estimate of drug-likeness (QED) is 0.559. The average Bonchev–Trinajstić information content (AvgIpc) is 3.46. The number of amides is 1. The lowest BCUT2D eigenvalue weighted by Crippen LogP contribution is -2.22. The smallest absolute Gasteiger partial charge is 0.235 e. The molecule has 1 saturated heterocycles. The third-order valence-corrected chi connectivity index (χ3v) is 6.85. The number of carbonyl (C=O) groups is 1. The zero-order valence-electron chi connectivity index (χ0n) is 18.1. The number of imidazole rings is 1. The van der Waals surface area contributed by atoms with Gasteiger partial charge in [0, 0.05) is 18.8 Å². The summed E-state index contributed by atoms with van der Waals surface area (Å²) in [4.78, 5) is 17.5. The Morgan fingerprint density at radius 2 is 2.16 bits per heavy atom. The SMILES string of the molecule is CCn1c(SCC(=O)Nc2c(C#N)c(C)c(C)n2C[C@H]2CCCO2)nc2ccccc21. The van der Waals surface area contributed by atoms with Gasteiger partial charge in [-0.3, -0.25) is 4.79 Å². The fourth-order valence-corrected chi connectivity index (χ4v) is 5.00. The number of ether oxygens (including phenoxy) is 1. The Morgan fingerprint density at radius 3 is 2.87 bits per heavy atom. The molecular weight excluding hydrogens is 410 g/mol. The number of benzene rings is 1. The molecule has 0 radical (unpaired) electrons. The van der Waals surface area contributed by atoms with Gasteiger partial charge in [-0.1, -0.05) is 23.9 Å². The van der Waals surface area contributed by atoms with Crippen molar-refractivity contribution < 1.29 is 9.53 Å². The Balaban J connectivity index is 1.52. The fraction of sp³-hybridized carbons (Fsp3) is 0.435. The highest BCUT2D eigenvalue weighted by Crippen LogP contribution is 2.29. The summed E-state index contributed by atoms with van der Waals surface area (Å²) in [5.41, 5.74) is 4.40. The van der Waals surface area contributed by atoms with E-state index in [4.69, 9.17) is 4.74 Å². The molecule has 0 bridgehead atoms. The predicted octanol–water partition coefficient (Wildman–Crippen LogP) is 4.26.